The maximum Gasteiger partial charge on any atom is 0.241 e. The number of nitrogens with zero attached hydrogens (tertiary/aromatic N) is 5. The third kappa shape index (κ3) is 4.56. The predicted octanol–water partition coefficient (Wildman–Crippen LogP) is 2.32. The fourth-order valence-electron chi connectivity index (χ4n) is 3.87. The maximum absolute atomic E-state index is 12.6. The van der Waals surface area contributed by atoms with Crippen LogP contribution in [0.2, 0.25) is 0 Å². The van der Waals surface area contributed by atoms with E-state index < -0.39 is 0 Å². The monoisotopic (exact) mass is 389 g/mol. The molecule has 0 aliphatic carbocycles. The van der Waals surface area contributed by atoms with Crippen molar-refractivity contribution in [2.75, 3.05) is 39.3 Å². The highest BCUT2D eigenvalue weighted by Crippen LogP contribution is 2.22. The Kier molecular flexibility index (Phi) is 5.85. The van der Waals surface area contributed by atoms with E-state index in [1.54, 1.807) is 11.3 Å². The normalized spacial score (nSPS) is 22.3. The first-order chi connectivity index (χ1) is 13.2. The van der Waals surface area contributed by atoms with Gasteiger partial charge in [0.15, 0.2) is 0 Å². The average molecular weight is 390 g/mol. The molecule has 2 saturated heterocycles. The lowest BCUT2D eigenvalue weighted by molar-refractivity contribution is -0.136. The van der Waals surface area contributed by atoms with Crippen molar-refractivity contribution in [3.05, 3.63) is 23.4 Å². The Hall–Kier alpha value is -1.77. The molecule has 2 aliphatic rings. The second-order valence-electron chi connectivity index (χ2n) is 7.47. The number of piperazine rings is 1. The zero-order chi connectivity index (χ0) is 18.6. The Balaban J connectivity index is 1.24. The van der Waals surface area contributed by atoms with E-state index in [0.29, 0.717) is 30.8 Å². The highest BCUT2D eigenvalue weighted by atomic mass is 32.1. The molecular formula is C19H27N5O2S. The number of hydrogen-bond acceptors (Lipinski definition) is 7. The lowest BCUT2D eigenvalue weighted by Gasteiger charge is -2.37. The fourth-order valence-corrected chi connectivity index (χ4v) is 4.52. The molecule has 2 fully saturated rings. The van der Waals surface area contributed by atoms with Gasteiger partial charge < -0.3 is 9.42 Å². The molecule has 0 N–H and O–H groups in total. The molecule has 0 aromatic carbocycles. The molecule has 27 heavy (non-hydrogen) atoms. The van der Waals surface area contributed by atoms with Crippen LogP contribution in [-0.2, 0) is 11.3 Å². The standard InChI is InChI=1S/C19H27N5O2S/c1-15-5-2-3-7-24(15)18(25)14-23-10-8-22(9-11-23)13-17-20-19(21-26-17)16-6-4-12-27-16/h4,6,12,15H,2-3,5,7-11,13-14H2,1H3/t15-/m1/s1. The van der Waals surface area contributed by atoms with Crippen LogP contribution >= 0.6 is 11.3 Å². The highest BCUT2D eigenvalue weighted by Gasteiger charge is 2.26. The fraction of sp³-hybridized carbons (Fsp3) is 0.632. The summed E-state index contributed by atoms with van der Waals surface area (Å²) < 4.78 is 5.40. The molecule has 4 heterocycles. The minimum Gasteiger partial charge on any atom is -0.339 e. The smallest absolute Gasteiger partial charge is 0.241 e. The third-order valence-corrected chi connectivity index (χ3v) is 6.38. The number of aromatic nitrogens is 2. The third-order valence-electron chi connectivity index (χ3n) is 5.52. The molecule has 1 atom stereocenters. The molecule has 0 saturated carbocycles. The number of carbonyl (C=O) groups is 1. The molecule has 7 nitrogen and oxygen atoms in total. The molecule has 0 unspecified atom stereocenters. The van der Waals surface area contributed by atoms with Crippen molar-refractivity contribution < 1.29 is 9.32 Å². The largest absolute Gasteiger partial charge is 0.339 e. The number of amides is 1. The molecule has 0 bridgehead atoms. The lowest BCUT2D eigenvalue weighted by Crippen LogP contribution is -2.51. The van der Waals surface area contributed by atoms with Crippen LogP contribution in [0.1, 0.15) is 32.1 Å². The van der Waals surface area contributed by atoms with Crippen LogP contribution < -0.4 is 0 Å². The van der Waals surface area contributed by atoms with E-state index in [1.807, 2.05) is 17.5 Å². The summed E-state index contributed by atoms with van der Waals surface area (Å²) >= 11 is 1.61. The van der Waals surface area contributed by atoms with Crippen molar-refractivity contribution in [2.24, 2.45) is 0 Å². The SMILES string of the molecule is C[C@@H]1CCCCN1C(=O)CN1CCN(Cc2nc(-c3cccs3)no2)CC1. The van der Waals surface area contributed by atoms with Gasteiger partial charge in [0, 0.05) is 38.8 Å². The van der Waals surface area contributed by atoms with Crippen molar-refractivity contribution in [1.82, 2.24) is 24.8 Å². The van der Waals surface area contributed by atoms with Crippen molar-refractivity contribution in [2.45, 2.75) is 38.8 Å². The van der Waals surface area contributed by atoms with Crippen LogP contribution in [0.3, 0.4) is 0 Å². The van der Waals surface area contributed by atoms with Crippen molar-refractivity contribution in [3.63, 3.8) is 0 Å². The van der Waals surface area contributed by atoms with Crippen LogP contribution in [0.25, 0.3) is 10.7 Å². The molecule has 8 heteroatoms. The first kappa shape index (κ1) is 18.6. The topological polar surface area (TPSA) is 65.7 Å². The molecular weight excluding hydrogens is 362 g/mol. The van der Waals surface area contributed by atoms with Crippen LogP contribution in [0, 0.1) is 0 Å². The summed E-state index contributed by atoms with van der Waals surface area (Å²) in [5, 5.41) is 6.08. The number of thiophene rings is 1. The number of rotatable bonds is 5. The number of piperidine rings is 1. The lowest BCUT2D eigenvalue weighted by atomic mass is 10.0. The van der Waals surface area contributed by atoms with Gasteiger partial charge in [0.1, 0.15) is 0 Å². The molecule has 2 aliphatic heterocycles. The number of hydrogen-bond donors (Lipinski definition) is 0. The van der Waals surface area contributed by atoms with Gasteiger partial charge in [-0.3, -0.25) is 14.6 Å². The predicted molar refractivity (Wildman–Crippen MR) is 104 cm³/mol. The van der Waals surface area contributed by atoms with Gasteiger partial charge in [0.2, 0.25) is 17.6 Å². The minimum atomic E-state index is 0.285. The minimum absolute atomic E-state index is 0.285. The van der Waals surface area contributed by atoms with Gasteiger partial charge >= 0.3 is 0 Å². The molecule has 2 aromatic rings. The molecule has 2 aromatic heterocycles. The molecule has 4 rings (SSSR count). The zero-order valence-corrected chi connectivity index (χ0v) is 16.7. The van der Waals surface area contributed by atoms with Gasteiger partial charge in [-0.25, -0.2) is 0 Å². The average Bonchev–Trinajstić information content (AvgIpc) is 3.35. The van der Waals surface area contributed by atoms with E-state index in [1.165, 1.54) is 6.42 Å². The van der Waals surface area contributed by atoms with Gasteiger partial charge in [-0.05, 0) is 37.6 Å². The van der Waals surface area contributed by atoms with Crippen LogP contribution in [-0.4, -0.2) is 76.1 Å². The van der Waals surface area contributed by atoms with Crippen LogP contribution in [0.5, 0.6) is 0 Å². The highest BCUT2D eigenvalue weighted by molar-refractivity contribution is 7.13. The van der Waals surface area contributed by atoms with E-state index in [-0.39, 0.29) is 5.91 Å². The summed E-state index contributed by atoms with van der Waals surface area (Å²) in [4.78, 5) is 24.8. The van der Waals surface area contributed by atoms with E-state index in [4.69, 9.17) is 4.52 Å². The Labute approximate surface area is 163 Å². The van der Waals surface area contributed by atoms with Gasteiger partial charge in [-0.2, -0.15) is 4.98 Å². The Morgan fingerprint density at radius 1 is 1.22 bits per heavy atom. The summed E-state index contributed by atoms with van der Waals surface area (Å²) in [6, 6.07) is 4.38. The van der Waals surface area contributed by atoms with E-state index in [2.05, 4.69) is 31.8 Å². The zero-order valence-electron chi connectivity index (χ0n) is 15.8. The molecule has 0 radical (unpaired) electrons. The van der Waals surface area contributed by atoms with E-state index in [9.17, 15) is 4.79 Å². The number of likely N-dealkylation sites (tertiary alicyclic amines) is 1. The van der Waals surface area contributed by atoms with Gasteiger partial charge in [-0.1, -0.05) is 11.2 Å². The second-order valence-corrected chi connectivity index (χ2v) is 8.42. The van der Waals surface area contributed by atoms with Gasteiger partial charge in [0.05, 0.1) is 18.0 Å². The van der Waals surface area contributed by atoms with Crippen molar-refractivity contribution in [1.29, 1.82) is 0 Å². The van der Waals surface area contributed by atoms with E-state index >= 15 is 0 Å². The van der Waals surface area contributed by atoms with Crippen LogP contribution in [0.4, 0.5) is 0 Å². The quantitative estimate of drug-likeness (QED) is 0.782. The Bertz CT molecular complexity index is 739. The number of carbonyl (C=O) groups excluding carboxylic acids is 1. The molecule has 0 spiro atoms. The van der Waals surface area contributed by atoms with E-state index in [0.717, 1.165) is 50.4 Å². The maximum atomic E-state index is 12.6. The Morgan fingerprint density at radius 2 is 2.04 bits per heavy atom. The first-order valence-corrected chi connectivity index (χ1v) is 10.7. The van der Waals surface area contributed by atoms with Gasteiger partial charge in [0.25, 0.3) is 0 Å². The molecule has 1 amide bonds. The van der Waals surface area contributed by atoms with Crippen LogP contribution in [0.15, 0.2) is 22.0 Å². The summed E-state index contributed by atoms with van der Waals surface area (Å²) in [5.41, 5.74) is 0. The Morgan fingerprint density at radius 3 is 2.78 bits per heavy atom. The summed E-state index contributed by atoms with van der Waals surface area (Å²) in [7, 11) is 0. The summed E-state index contributed by atoms with van der Waals surface area (Å²) in [5.74, 6) is 1.61. The molecule has 146 valence electrons. The summed E-state index contributed by atoms with van der Waals surface area (Å²) in [6.45, 7) is 7.94. The second kappa shape index (κ2) is 8.50. The summed E-state index contributed by atoms with van der Waals surface area (Å²) in [6.07, 6.45) is 3.52. The van der Waals surface area contributed by atoms with Crippen molar-refractivity contribution >= 4 is 17.2 Å². The van der Waals surface area contributed by atoms with Gasteiger partial charge in [-0.15, -0.1) is 11.3 Å². The van der Waals surface area contributed by atoms with Crippen molar-refractivity contribution in [3.8, 4) is 10.7 Å². The first-order valence-electron chi connectivity index (χ1n) is 9.79.